The van der Waals surface area contributed by atoms with Gasteiger partial charge >= 0.3 is 5.97 Å². The zero-order valence-corrected chi connectivity index (χ0v) is 9.94. The van der Waals surface area contributed by atoms with Crippen molar-refractivity contribution in [3.05, 3.63) is 35.4 Å². The molecule has 1 aromatic carbocycles. The average Bonchev–Trinajstić information content (AvgIpc) is 2.89. The number of esters is 1. The Morgan fingerprint density at radius 1 is 1.41 bits per heavy atom. The minimum absolute atomic E-state index is 0.308. The van der Waals surface area contributed by atoms with Gasteiger partial charge in [-0.1, -0.05) is 12.1 Å². The lowest BCUT2D eigenvalue weighted by Crippen LogP contribution is -2.16. The Bertz CT molecular complexity index is 369. The highest BCUT2D eigenvalue weighted by atomic mass is 16.5. The minimum Gasteiger partial charge on any atom is -0.465 e. The molecule has 0 amide bonds. The molecule has 1 aromatic rings. The third-order valence-corrected chi connectivity index (χ3v) is 2.88. The van der Waals surface area contributed by atoms with E-state index in [0.29, 0.717) is 18.3 Å². The van der Waals surface area contributed by atoms with E-state index < -0.39 is 0 Å². The number of ether oxygens (including phenoxy) is 2. The van der Waals surface area contributed by atoms with Crippen LogP contribution < -0.4 is 5.32 Å². The standard InChI is InChI=1S/C13H17NO3/c1-16-13(15)11-4-2-10(3-5-11)9-17-12-6-7-14-8-12/h2-5,12,14H,6-9H2,1H3/t12-/m1/s1. The number of rotatable bonds is 4. The summed E-state index contributed by atoms with van der Waals surface area (Å²) in [6.45, 7) is 2.56. The van der Waals surface area contributed by atoms with Crippen molar-refractivity contribution in [3.8, 4) is 0 Å². The van der Waals surface area contributed by atoms with E-state index in [9.17, 15) is 4.79 Å². The molecular formula is C13H17NO3. The molecule has 1 fully saturated rings. The van der Waals surface area contributed by atoms with Gasteiger partial charge in [0.05, 0.1) is 25.4 Å². The second kappa shape index (κ2) is 5.80. The number of nitrogens with one attached hydrogen (secondary N) is 1. The average molecular weight is 235 g/mol. The Kier molecular flexibility index (Phi) is 4.12. The van der Waals surface area contributed by atoms with Crippen molar-refractivity contribution in [2.24, 2.45) is 0 Å². The lowest BCUT2D eigenvalue weighted by Gasteiger charge is -2.10. The Morgan fingerprint density at radius 3 is 2.76 bits per heavy atom. The smallest absolute Gasteiger partial charge is 0.337 e. The highest BCUT2D eigenvalue weighted by molar-refractivity contribution is 5.89. The van der Waals surface area contributed by atoms with Crippen LogP contribution in [-0.4, -0.2) is 32.3 Å². The third kappa shape index (κ3) is 3.28. The molecule has 0 aromatic heterocycles. The summed E-state index contributed by atoms with van der Waals surface area (Å²) in [4.78, 5) is 11.2. The van der Waals surface area contributed by atoms with Crippen LogP contribution in [-0.2, 0) is 16.1 Å². The first kappa shape index (κ1) is 12.1. The Morgan fingerprint density at radius 2 is 2.18 bits per heavy atom. The van der Waals surface area contributed by atoms with Gasteiger partial charge in [-0.05, 0) is 30.7 Å². The van der Waals surface area contributed by atoms with Crippen molar-refractivity contribution >= 4 is 5.97 Å². The summed E-state index contributed by atoms with van der Waals surface area (Å²) in [7, 11) is 1.38. The van der Waals surface area contributed by atoms with Crippen LogP contribution in [0.5, 0.6) is 0 Å². The first-order valence-corrected chi connectivity index (χ1v) is 5.79. The molecule has 2 rings (SSSR count). The van der Waals surface area contributed by atoms with E-state index in [1.807, 2.05) is 12.1 Å². The normalized spacial score (nSPS) is 19.2. The Hall–Kier alpha value is -1.39. The SMILES string of the molecule is COC(=O)c1ccc(CO[C@@H]2CCNC2)cc1. The monoisotopic (exact) mass is 235 g/mol. The molecule has 92 valence electrons. The second-order valence-electron chi connectivity index (χ2n) is 4.11. The molecule has 1 aliphatic heterocycles. The summed E-state index contributed by atoms with van der Waals surface area (Å²) < 4.78 is 10.4. The summed E-state index contributed by atoms with van der Waals surface area (Å²) >= 11 is 0. The topological polar surface area (TPSA) is 47.6 Å². The molecule has 1 aliphatic rings. The molecule has 1 heterocycles. The van der Waals surface area contributed by atoms with Gasteiger partial charge in [0.1, 0.15) is 0 Å². The van der Waals surface area contributed by atoms with E-state index in [1.54, 1.807) is 12.1 Å². The van der Waals surface area contributed by atoms with Gasteiger partial charge in [0, 0.05) is 6.54 Å². The summed E-state index contributed by atoms with van der Waals surface area (Å²) in [5.74, 6) is -0.308. The number of hydrogen-bond acceptors (Lipinski definition) is 4. The molecule has 1 atom stereocenters. The lowest BCUT2D eigenvalue weighted by molar-refractivity contribution is 0.0540. The van der Waals surface area contributed by atoms with E-state index in [0.717, 1.165) is 25.1 Å². The predicted molar refractivity (Wildman–Crippen MR) is 63.8 cm³/mol. The van der Waals surface area contributed by atoms with Crippen LogP contribution in [0, 0.1) is 0 Å². The van der Waals surface area contributed by atoms with E-state index in [2.05, 4.69) is 10.1 Å². The van der Waals surface area contributed by atoms with Gasteiger partial charge in [0.25, 0.3) is 0 Å². The van der Waals surface area contributed by atoms with Crippen LogP contribution in [0.4, 0.5) is 0 Å². The zero-order chi connectivity index (χ0) is 12.1. The molecule has 0 bridgehead atoms. The number of carbonyl (C=O) groups excluding carboxylic acids is 1. The molecule has 4 nitrogen and oxygen atoms in total. The number of benzene rings is 1. The molecule has 0 radical (unpaired) electrons. The van der Waals surface area contributed by atoms with E-state index in [4.69, 9.17) is 4.74 Å². The molecule has 1 saturated heterocycles. The fourth-order valence-electron chi connectivity index (χ4n) is 1.84. The van der Waals surface area contributed by atoms with Crippen LogP contribution in [0.3, 0.4) is 0 Å². The van der Waals surface area contributed by atoms with Gasteiger partial charge in [-0.25, -0.2) is 4.79 Å². The first-order valence-electron chi connectivity index (χ1n) is 5.79. The second-order valence-corrected chi connectivity index (χ2v) is 4.11. The number of hydrogen-bond donors (Lipinski definition) is 1. The van der Waals surface area contributed by atoms with Crippen molar-refractivity contribution < 1.29 is 14.3 Å². The maximum atomic E-state index is 11.2. The van der Waals surface area contributed by atoms with Gasteiger partial charge < -0.3 is 14.8 Å². The molecular weight excluding hydrogens is 218 g/mol. The highest BCUT2D eigenvalue weighted by Gasteiger charge is 2.14. The fraction of sp³-hybridized carbons (Fsp3) is 0.462. The molecule has 0 saturated carbocycles. The van der Waals surface area contributed by atoms with Crippen LogP contribution >= 0.6 is 0 Å². The minimum atomic E-state index is -0.308. The predicted octanol–water partition coefficient (Wildman–Crippen LogP) is 1.35. The van der Waals surface area contributed by atoms with Crippen LogP contribution in [0.15, 0.2) is 24.3 Å². The van der Waals surface area contributed by atoms with Crippen molar-refractivity contribution in [2.75, 3.05) is 20.2 Å². The van der Waals surface area contributed by atoms with Crippen molar-refractivity contribution in [1.82, 2.24) is 5.32 Å². The first-order chi connectivity index (χ1) is 8.29. The molecule has 4 heteroatoms. The van der Waals surface area contributed by atoms with E-state index >= 15 is 0 Å². The van der Waals surface area contributed by atoms with E-state index in [-0.39, 0.29) is 5.97 Å². The van der Waals surface area contributed by atoms with E-state index in [1.165, 1.54) is 7.11 Å². The molecule has 0 unspecified atom stereocenters. The van der Waals surface area contributed by atoms with Gasteiger partial charge in [-0.2, -0.15) is 0 Å². The molecule has 0 aliphatic carbocycles. The quantitative estimate of drug-likeness (QED) is 0.800. The maximum Gasteiger partial charge on any atom is 0.337 e. The highest BCUT2D eigenvalue weighted by Crippen LogP contribution is 2.10. The third-order valence-electron chi connectivity index (χ3n) is 2.88. The number of carbonyl (C=O) groups is 1. The summed E-state index contributed by atoms with van der Waals surface area (Å²) in [6.07, 6.45) is 1.38. The van der Waals surface area contributed by atoms with Gasteiger partial charge in [-0.3, -0.25) is 0 Å². The van der Waals surface area contributed by atoms with Crippen molar-refractivity contribution in [2.45, 2.75) is 19.1 Å². The van der Waals surface area contributed by atoms with Gasteiger partial charge in [0.15, 0.2) is 0 Å². The Labute approximate surface area is 101 Å². The maximum absolute atomic E-state index is 11.2. The summed E-state index contributed by atoms with van der Waals surface area (Å²) in [5.41, 5.74) is 1.64. The van der Waals surface area contributed by atoms with Crippen LogP contribution in [0.1, 0.15) is 22.3 Å². The molecule has 0 spiro atoms. The zero-order valence-electron chi connectivity index (χ0n) is 9.94. The van der Waals surface area contributed by atoms with Crippen LogP contribution in [0.25, 0.3) is 0 Å². The fourth-order valence-corrected chi connectivity index (χ4v) is 1.84. The largest absolute Gasteiger partial charge is 0.465 e. The molecule has 1 N–H and O–H groups in total. The van der Waals surface area contributed by atoms with Crippen molar-refractivity contribution in [3.63, 3.8) is 0 Å². The summed E-state index contributed by atoms with van der Waals surface area (Å²) in [5, 5.41) is 3.25. The molecule has 17 heavy (non-hydrogen) atoms. The van der Waals surface area contributed by atoms with Crippen molar-refractivity contribution in [1.29, 1.82) is 0 Å². The van der Waals surface area contributed by atoms with Gasteiger partial charge in [0.2, 0.25) is 0 Å². The lowest BCUT2D eigenvalue weighted by atomic mass is 10.1. The summed E-state index contributed by atoms with van der Waals surface area (Å²) in [6, 6.07) is 7.32. The Balaban J connectivity index is 1.87. The van der Waals surface area contributed by atoms with Gasteiger partial charge in [-0.15, -0.1) is 0 Å². The van der Waals surface area contributed by atoms with Crippen LogP contribution in [0.2, 0.25) is 0 Å². The number of methoxy groups -OCH3 is 1.